The zero-order valence-electron chi connectivity index (χ0n) is 10.0. The summed E-state index contributed by atoms with van der Waals surface area (Å²) >= 11 is 0. The van der Waals surface area contributed by atoms with Crippen molar-refractivity contribution in [2.45, 2.75) is 32.8 Å². The number of hydrogen-bond donors (Lipinski definition) is 1. The van der Waals surface area contributed by atoms with E-state index in [4.69, 9.17) is 0 Å². The Morgan fingerprint density at radius 2 is 1.82 bits per heavy atom. The quantitative estimate of drug-likeness (QED) is 0.857. The second-order valence-electron chi connectivity index (χ2n) is 3.97. The standard InChI is InChI=1S/C13H17N3O/c1-2-3-9-12-14-15-13(10-17)16(12)11-7-5-4-6-8-11/h4-8,17H,2-3,9-10H2,1H3. The van der Waals surface area contributed by atoms with Gasteiger partial charge >= 0.3 is 0 Å². The first-order chi connectivity index (χ1) is 8.36. The van der Waals surface area contributed by atoms with Crippen LogP contribution in [0.15, 0.2) is 30.3 Å². The molecule has 1 heterocycles. The molecule has 1 aromatic heterocycles. The van der Waals surface area contributed by atoms with Gasteiger partial charge in [-0.15, -0.1) is 10.2 Å². The number of hydrogen-bond acceptors (Lipinski definition) is 3. The third-order valence-electron chi connectivity index (χ3n) is 2.71. The molecular formula is C13H17N3O. The van der Waals surface area contributed by atoms with Crippen molar-refractivity contribution in [1.29, 1.82) is 0 Å². The van der Waals surface area contributed by atoms with Crippen molar-refractivity contribution in [1.82, 2.24) is 14.8 Å². The lowest BCUT2D eigenvalue weighted by atomic mass is 10.2. The smallest absolute Gasteiger partial charge is 0.163 e. The third-order valence-corrected chi connectivity index (χ3v) is 2.71. The SMILES string of the molecule is CCCCc1nnc(CO)n1-c1ccccc1. The minimum absolute atomic E-state index is 0.0893. The van der Waals surface area contributed by atoms with Crippen molar-refractivity contribution in [3.63, 3.8) is 0 Å². The zero-order chi connectivity index (χ0) is 12.1. The first-order valence-electron chi connectivity index (χ1n) is 5.96. The minimum atomic E-state index is -0.0893. The van der Waals surface area contributed by atoms with E-state index in [1.54, 1.807) is 0 Å². The van der Waals surface area contributed by atoms with Crippen LogP contribution in [0.5, 0.6) is 0 Å². The maximum absolute atomic E-state index is 9.30. The Kier molecular flexibility index (Phi) is 3.88. The van der Waals surface area contributed by atoms with Gasteiger partial charge in [0.05, 0.1) is 0 Å². The Bertz CT molecular complexity index is 465. The number of aryl methyl sites for hydroxylation is 1. The van der Waals surface area contributed by atoms with E-state index in [1.165, 1.54) is 0 Å². The highest BCUT2D eigenvalue weighted by Gasteiger charge is 2.11. The number of aliphatic hydroxyl groups is 1. The van der Waals surface area contributed by atoms with Crippen molar-refractivity contribution in [2.75, 3.05) is 0 Å². The lowest BCUT2D eigenvalue weighted by Gasteiger charge is -2.08. The van der Waals surface area contributed by atoms with Crippen LogP contribution in [0.2, 0.25) is 0 Å². The van der Waals surface area contributed by atoms with Gasteiger partial charge in [-0.2, -0.15) is 0 Å². The number of rotatable bonds is 5. The summed E-state index contributed by atoms with van der Waals surface area (Å²) in [4.78, 5) is 0. The topological polar surface area (TPSA) is 50.9 Å². The molecule has 2 aromatic rings. The molecule has 1 aromatic carbocycles. The maximum atomic E-state index is 9.30. The highest BCUT2D eigenvalue weighted by Crippen LogP contribution is 2.14. The van der Waals surface area contributed by atoms with Crippen LogP contribution >= 0.6 is 0 Å². The molecule has 4 heteroatoms. The van der Waals surface area contributed by atoms with Gasteiger partial charge in [0.15, 0.2) is 5.82 Å². The Balaban J connectivity index is 2.39. The van der Waals surface area contributed by atoms with Gasteiger partial charge in [-0.25, -0.2) is 0 Å². The van der Waals surface area contributed by atoms with E-state index in [0.29, 0.717) is 5.82 Å². The monoisotopic (exact) mass is 231 g/mol. The highest BCUT2D eigenvalue weighted by molar-refractivity contribution is 5.33. The van der Waals surface area contributed by atoms with Gasteiger partial charge in [-0.05, 0) is 18.6 Å². The molecule has 0 atom stereocenters. The number of aliphatic hydroxyl groups excluding tert-OH is 1. The van der Waals surface area contributed by atoms with Gasteiger partial charge in [0.25, 0.3) is 0 Å². The van der Waals surface area contributed by atoms with E-state index in [-0.39, 0.29) is 6.61 Å². The third kappa shape index (κ3) is 2.53. The second-order valence-corrected chi connectivity index (χ2v) is 3.97. The van der Waals surface area contributed by atoms with Gasteiger partial charge in [0.1, 0.15) is 12.4 Å². The molecule has 2 rings (SSSR count). The summed E-state index contributed by atoms with van der Waals surface area (Å²) in [6.45, 7) is 2.06. The van der Waals surface area contributed by atoms with E-state index in [1.807, 2.05) is 34.9 Å². The molecular weight excluding hydrogens is 214 g/mol. The summed E-state index contributed by atoms with van der Waals surface area (Å²) in [5.41, 5.74) is 1.01. The Morgan fingerprint density at radius 3 is 2.47 bits per heavy atom. The molecule has 1 N–H and O–H groups in total. The maximum Gasteiger partial charge on any atom is 0.163 e. The van der Waals surface area contributed by atoms with Gasteiger partial charge in [-0.1, -0.05) is 31.5 Å². The van der Waals surface area contributed by atoms with Crippen molar-refractivity contribution >= 4 is 0 Å². The van der Waals surface area contributed by atoms with Crippen LogP contribution in [0, 0.1) is 0 Å². The number of unbranched alkanes of at least 4 members (excludes halogenated alkanes) is 1. The number of nitrogens with zero attached hydrogens (tertiary/aromatic N) is 3. The summed E-state index contributed by atoms with van der Waals surface area (Å²) in [6, 6.07) is 9.91. The van der Waals surface area contributed by atoms with Crippen molar-refractivity contribution in [2.24, 2.45) is 0 Å². The van der Waals surface area contributed by atoms with Crippen molar-refractivity contribution in [3.8, 4) is 5.69 Å². The zero-order valence-corrected chi connectivity index (χ0v) is 10.0. The van der Waals surface area contributed by atoms with Crippen molar-refractivity contribution in [3.05, 3.63) is 42.0 Å². The molecule has 0 aliphatic rings. The predicted octanol–water partition coefficient (Wildman–Crippen LogP) is 2.10. The molecule has 0 spiro atoms. The largest absolute Gasteiger partial charge is 0.388 e. The molecule has 0 saturated carbocycles. The summed E-state index contributed by atoms with van der Waals surface area (Å²) in [5.74, 6) is 1.52. The molecule has 0 aliphatic heterocycles. The lowest BCUT2D eigenvalue weighted by molar-refractivity contribution is 0.268. The fourth-order valence-corrected chi connectivity index (χ4v) is 1.83. The van der Waals surface area contributed by atoms with Crippen LogP contribution < -0.4 is 0 Å². The average Bonchev–Trinajstić information content (AvgIpc) is 2.80. The normalized spacial score (nSPS) is 10.7. The number of benzene rings is 1. The fraction of sp³-hybridized carbons (Fsp3) is 0.385. The molecule has 17 heavy (non-hydrogen) atoms. The first kappa shape index (κ1) is 11.8. The molecule has 0 unspecified atom stereocenters. The van der Waals surface area contributed by atoms with E-state index >= 15 is 0 Å². The van der Waals surface area contributed by atoms with Crippen LogP contribution in [0.1, 0.15) is 31.4 Å². The van der Waals surface area contributed by atoms with E-state index in [9.17, 15) is 5.11 Å². The number of para-hydroxylation sites is 1. The minimum Gasteiger partial charge on any atom is -0.388 e. The molecule has 0 aliphatic carbocycles. The molecule has 0 radical (unpaired) electrons. The van der Waals surface area contributed by atoms with Crippen LogP contribution in [-0.4, -0.2) is 19.9 Å². The van der Waals surface area contributed by atoms with Gasteiger partial charge < -0.3 is 5.11 Å². The Labute approximate surface area is 101 Å². The molecule has 0 fully saturated rings. The lowest BCUT2D eigenvalue weighted by Crippen LogP contribution is -2.05. The molecule has 0 amide bonds. The van der Waals surface area contributed by atoms with E-state index < -0.39 is 0 Å². The second kappa shape index (κ2) is 5.59. The van der Waals surface area contributed by atoms with Gasteiger partial charge in [0.2, 0.25) is 0 Å². The first-order valence-corrected chi connectivity index (χ1v) is 5.96. The fourth-order valence-electron chi connectivity index (χ4n) is 1.83. The highest BCUT2D eigenvalue weighted by atomic mass is 16.3. The summed E-state index contributed by atoms with van der Waals surface area (Å²) < 4.78 is 1.94. The average molecular weight is 231 g/mol. The summed E-state index contributed by atoms with van der Waals surface area (Å²) in [5, 5.41) is 17.5. The van der Waals surface area contributed by atoms with Crippen LogP contribution in [0.4, 0.5) is 0 Å². The molecule has 0 saturated heterocycles. The Morgan fingerprint density at radius 1 is 1.12 bits per heavy atom. The van der Waals surface area contributed by atoms with Gasteiger partial charge in [-0.3, -0.25) is 4.57 Å². The molecule has 4 nitrogen and oxygen atoms in total. The molecule has 90 valence electrons. The Hall–Kier alpha value is -1.68. The van der Waals surface area contributed by atoms with Crippen molar-refractivity contribution < 1.29 is 5.11 Å². The van der Waals surface area contributed by atoms with E-state index in [0.717, 1.165) is 30.8 Å². The van der Waals surface area contributed by atoms with Crippen LogP contribution in [-0.2, 0) is 13.0 Å². The van der Waals surface area contributed by atoms with Crippen LogP contribution in [0.3, 0.4) is 0 Å². The summed E-state index contributed by atoms with van der Waals surface area (Å²) in [7, 11) is 0. The van der Waals surface area contributed by atoms with E-state index in [2.05, 4.69) is 17.1 Å². The summed E-state index contributed by atoms with van der Waals surface area (Å²) in [6.07, 6.45) is 3.09. The van der Waals surface area contributed by atoms with Crippen LogP contribution in [0.25, 0.3) is 5.69 Å². The van der Waals surface area contributed by atoms with Gasteiger partial charge in [0, 0.05) is 12.1 Å². The molecule has 0 bridgehead atoms. The number of aromatic nitrogens is 3. The predicted molar refractivity (Wildman–Crippen MR) is 65.9 cm³/mol.